The van der Waals surface area contributed by atoms with E-state index >= 15 is 0 Å². The van der Waals surface area contributed by atoms with Crippen LogP contribution < -0.4 is 10.6 Å². The van der Waals surface area contributed by atoms with E-state index in [2.05, 4.69) is 17.2 Å². The molecule has 122 valence electrons. The molecule has 1 atom stereocenters. The fraction of sp³-hybridized carbons (Fsp3) is 0.231. The number of amides is 3. The Morgan fingerprint density at radius 3 is 2.35 bits per heavy atom. The molecule has 0 spiro atoms. The zero-order chi connectivity index (χ0) is 17.4. The van der Waals surface area contributed by atoms with Gasteiger partial charge >= 0.3 is 12.2 Å². The average Bonchev–Trinajstić information content (AvgIpc) is 2.74. The number of alkyl halides is 3. The summed E-state index contributed by atoms with van der Waals surface area (Å²) in [4.78, 5) is 22.1. The Balaban J connectivity index is 2.36. The van der Waals surface area contributed by atoms with Crippen LogP contribution in [-0.4, -0.2) is 34.4 Å². The van der Waals surface area contributed by atoms with Gasteiger partial charge < -0.3 is 15.5 Å². The van der Waals surface area contributed by atoms with Crippen molar-refractivity contribution in [2.24, 2.45) is 0 Å². The second kappa shape index (κ2) is 5.53. The number of benzene rings is 1. The molecule has 4 N–H and O–H groups in total. The minimum atomic E-state index is -5.53. The highest BCUT2D eigenvalue weighted by atomic mass is 19.4. The van der Waals surface area contributed by atoms with Gasteiger partial charge in [-0.05, 0) is 18.2 Å². The monoisotopic (exact) mass is 332 g/mol. The lowest BCUT2D eigenvalue weighted by Crippen LogP contribution is -2.42. The number of urea groups is 1. The van der Waals surface area contributed by atoms with Crippen LogP contribution in [0.4, 0.5) is 22.4 Å². The number of carbonyl (C=O) groups is 2. The first-order valence-electron chi connectivity index (χ1n) is 5.97. The highest BCUT2D eigenvalue weighted by molar-refractivity contribution is 6.05. The van der Waals surface area contributed by atoms with E-state index in [1.54, 1.807) is 0 Å². The number of hydrogen-bond donors (Lipinski definition) is 4. The molecule has 1 unspecified atom stereocenters. The lowest BCUT2D eigenvalue weighted by Gasteiger charge is -2.25. The highest BCUT2D eigenvalue weighted by Gasteiger charge is 2.55. The molecule has 1 aromatic carbocycles. The molecule has 23 heavy (non-hydrogen) atoms. The molecular formula is C13H8F4N2O4. The van der Waals surface area contributed by atoms with E-state index in [9.17, 15) is 27.2 Å². The first-order valence-corrected chi connectivity index (χ1v) is 5.97. The van der Waals surface area contributed by atoms with Crippen LogP contribution in [0.1, 0.15) is 11.1 Å². The second-order valence-corrected chi connectivity index (χ2v) is 4.53. The van der Waals surface area contributed by atoms with E-state index < -0.39 is 41.3 Å². The first kappa shape index (κ1) is 16.7. The van der Waals surface area contributed by atoms with Crippen LogP contribution in [0.25, 0.3) is 0 Å². The summed E-state index contributed by atoms with van der Waals surface area (Å²) in [5, 5.41) is 22.2. The smallest absolute Gasteiger partial charge is 0.355 e. The normalized spacial score (nSPS) is 18.1. The van der Waals surface area contributed by atoms with Gasteiger partial charge in [0, 0.05) is 5.56 Å². The first-order chi connectivity index (χ1) is 10.5. The van der Waals surface area contributed by atoms with Gasteiger partial charge in [-0.25, -0.2) is 9.18 Å². The van der Waals surface area contributed by atoms with Gasteiger partial charge in [-0.15, -0.1) is 0 Å². The number of halogens is 4. The van der Waals surface area contributed by atoms with E-state index in [1.165, 1.54) is 0 Å². The van der Waals surface area contributed by atoms with Crippen molar-refractivity contribution in [1.29, 1.82) is 0 Å². The molecule has 0 aliphatic carbocycles. The predicted molar refractivity (Wildman–Crippen MR) is 65.9 cm³/mol. The molecule has 1 aliphatic heterocycles. The van der Waals surface area contributed by atoms with E-state index in [0.717, 1.165) is 6.07 Å². The van der Waals surface area contributed by atoms with Gasteiger partial charge in [0.1, 0.15) is 5.82 Å². The molecule has 0 saturated carbocycles. The summed E-state index contributed by atoms with van der Waals surface area (Å²) < 4.78 is 51.1. The van der Waals surface area contributed by atoms with E-state index in [-0.39, 0.29) is 5.56 Å². The molecule has 1 saturated heterocycles. The minimum absolute atomic E-state index is 0.216. The number of carbonyl (C=O) groups excluding carboxylic acids is 2. The lowest BCUT2D eigenvalue weighted by molar-refractivity contribution is -0.359. The Morgan fingerprint density at radius 1 is 1.17 bits per heavy atom. The quantitative estimate of drug-likeness (QED) is 0.253. The van der Waals surface area contributed by atoms with Crippen molar-refractivity contribution >= 4 is 11.9 Å². The summed E-state index contributed by atoms with van der Waals surface area (Å²) in [6.45, 7) is 0. The fourth-order valence-electron chi connectivity index (χ4n) is 1.70. The largest absolute Gasteiger partial charge is 0.447 e. The zero-order valence-corrected chi connectivity index (χ0v) is 11.0. The molecule has 0 aromatic heterocycles. The molecule has 2 rings (SSSR count). The Hall–Kier alpha value is -2.64. The molecule has 1 fully saturated rings. The van der Waals surface area contributed by atoms with Gasteiger partial charge in [0.15, 0.2) is 6.04 Å². The van der Waals surface area contributed by atoms with Crippen LogP contribution in [0, 0.1) is 17.7 Å². The SMILES string of the molecule is O=C1NC(=O)C(C#Cc2ccc(F)c(C(O)(O)C(F)(F)F)c2)N1. The van der Waals surface area contributed by atoms with Gasteiger partial charge in [0.2, 0.25) is 0 Å². The molecule has 10 heteroatoms. The molecule has 6 nitrogen and oxygen atoms in total. The van der Waals surface area contributed by atoms with Crippen molar-refractivity contribution < 1.29 is 37.4 Å². The minimum Gasteiger partial charge on any atom is -0.355 e. The molecule has 0 bridgehead atoms. The van der Waals surface area contributed by atoms with Gasteiger partial charge in [-0.2, -0.15) is 13.2 Å². The Bertz CT molecular complexity index is 734. The molecule has 1 heterocycles. The maximum absolute atomic E-state index is 13.5. The topological polar surface area (TPSA) is 98.7 Å². The van der Waals surface area contributed by atoms with Gasteiger partial charge in [-0.1, -0.05) is 11.8 Å². The van der Waals surface area contributed by atoms with Crippen LogP contribution in [-0.2, 0) is 10.6 Å². The van der Waals surface area contributed by atoms with Crippen molar-refractivity contribution in [3.8, 4) is 11.8 Å². The molecule has 0 radical (unpaired) electrons. The van der Waals surface area contributed by atoms with Gasteiger partial charge in [-0.3, -0.25) is 10.1 Å². The van der Waals surface area contributed by atoms with Crippen LogP contribution in [0.3, 0.4) is 0 Å². The van der Waals surface area contributed by atoms with Gasteiger partial charge in [0.05, 0.1) is 5.56 Å². The molecule has 1 aliphatic rings. The van der Waals surface area contributed by atoms with Crippen molar-refractivity contribution in [2.45, 2.75) is 18.0 Å². The average molecular weight is 332 g/mol. The summed E-state index contributed by atoms with van der Waals surface area (Å²) in [7, 11) is 0. The number of aliphatic hydroxyl groups is 2. The fourth-order valence-corrected chi connectivity index (χ4v) is 1.70. The summed E-state index contributed by atoms with van der Waals surface area (Å²) in [5.41, 5.74) is -1.65. The number of hydrogen-bond acceptors (Lipinski definition) is 4. The third-order valence-electron chi connectivity index (χ3n) is 2.87. The third-order valence-corrected chi connectivity index (χ3v) is 2.87. The van der Waals surface area contributed by atoms with Gasteiger partial charge in [0.25, 0.3) is 11.7 Å². The van der Waals surface area contributed by atoms with Crippen LogP contribution in [0.15, 0.2) is 18.2 Å². The predicted octanol–water partition coefficient (Wildman–Crippen LogP) is 0.0849. The summed E-state index contributed by atoms with van der Waals surface area (Å²) in [5.74, 6) is -2.14. The maximum Gasteiger partial charge on any atom is 0.447 e. The standard InChI is InChI=1S/C13H8F4N2O4/c14-8-3-1-6(2-4-9-10(20)19-11(21)18-9)5-7(8)12(22,23)13(15,16)17/h1,3,5,9,22-23H,(H2,18,19,20,21). The summed E-state index contributed by atoms with van der Waals surface area (Å²) in [6.07, 6.45) is -5.53. The maximum atomic E-state index is 13.5. The highest BCUT2D eigenvalue weighted by Crippen LogP contribution is 2.37. The zero-order valence-electron chi connectivity index (χ0n) is 11.0. The van der Waals surface area contributed by atoms with Crippen molar-refractivity contribution in [3.63, 3.8) is 0 Å². The lowest BCUT2D eigenvalue weighted by atomic mass is 10.0. The second-order valence-electron chi connectivity index (χ2n) is 4.53. The third kappa shape index (κ3) is 3.25. The van der Waals surface area contributed by atoms with Crippen molar-refractivity contribution in [3.05, 3.63) is 35.1 Å². The van der Waals surface area contributed by atoms with Crippen molar-refractivity contribution in [1.82, 2.24) is 10.6 Å². The van der Waals surface area contributed by atoms with E-state index in [1.807, 2.05) is 5.32 Å². The Morgan fingerprint density at radius 2 is 1.83 bits per heavy atom. The Kier molecular flexibility index (Phi) is 4.02. The van der Waals surface area contributed by atoms with Crippen molar-refractivity contribution in [2.75, 3.05) is 0 Å². The summed E-state index contributed by atoms with van der Waals surface area (Å²) >= 11 is 0. The molecular weight excluding hydrogens is 324 g/mol. The van der Waals surface area contributed by atoms with Crippen LogP contribution in [0.5, 0.6) is 0 Å². The van der Waals surface area contributed by atoms with E-state index in [4.69, 9.17) is 10.2 Å². The molecule has 1 aromatic rings. The number of imide groups is 1. The number of nitrogens with one attached hydrogen (secondary N) is 2. The van der Waals surface area contributed by atoms with Crippen LogP contribution >= 0.6 is 0 Å². The number of rotatable bonds is 1. The van der Waals surface area contributed by atoms with E-state index in [0.29, 0.717) is 12.1 Å². The Labute approximate surface area is 126 Å². The summed E-state index contributed by atoms with van der Waals surface area (Å²) in [6, 6.07) is 0.0411. The molecule has 3 amide bonds. The van der Waals surface area contributed by atoms with Crippen LogP contribution in [0.2, 0.25) is 0 Å².